The highest BCUT2D eigenvalue weighted by Crippen LogP contribution is 2.24. The fourth-order valence-electron chi connectivity index (χ4n) is 8.57. The number of carboxylic acids is 1. The van der Waals surface area contributed by atoms with Crippen molar-refractivity contribution in [3.8, 4) is 0 Å². The van der Waals surface area contributed by atoms with E-state index >= 15 is 4.79 Å². The smallest absolute Gasteiger partial charge is 0.327 e. The first-order chi connectivity index (χ1) is 37.9. The summed E-state index contributed by atoms with van der Waals surface area (Å²) in [7, 11) is 3.28. The standard InChI is InChI=1S/C55H67N11O11S2/c1-32(67)45-52(73)61-41(26-33-16-6-3-7-17-33)49(70)63-44(55(76)77)31-79-78-30-38(57)47(68)60-42(27-34-18-8-4-9-19-34)51(72)65-46(66(2)54(75)35-20-10-5-11-21-35)53(74)62-43(28-36-29-58-39-23-13-12-22-37(36)39)50(71)59-40(48(69)64-45)24-14-15-25-56/h3-13,16-23,29,32,38,40-46,58,67H,14-15,24-28,30-31,56-57H2,1-2H3,(H,59,71)(H,60,68)(H,61,73)(H,62,74)(H,63,70)(H,64,69)(H,65,72)(H,76,77)/t32-,38-,40+,41+,42+,43-,44+,45+,46-/m1/s1. The summed E-state index contributed by atoms with van der Waals surface area (Å²) < 4.78 is 0. The van der Waals surface area contributed by atoms with Gasteiger partial charge in [0.1, 0.15) is 36.3 Å². The van der Waals surface area contributed by atoms with Crippen LogP contribution in [-0.4, -0.2) is 153 Å². The number of aliphatic hydroxyl groups excluding tert-OH is 1. The number of hydrogen-bond acceptors (Lipinski definition) is 14. The van der Waals surface area contributed by atoms with Crippen LogP contribution < -0.4 is 48.7 Å². The molecule has 0 bridgehead atoms. The van der Waals surface area contributed by atoms with Gasteiger partial charge in [-0.2, -0.15) is 0 Å². The third-order valence-corrected chi connectivity index (χ3v) is 15.4. The zero-order valence-electron chi connectivity index (χ0n) is 43.6. The van der Waals surface area contributed by atoms with Crippen LogP contribution in [0.2, 0.25) is 0 Å². The summed E-state index contributed by atoms with van der Waals surface area (Å²) in [5.74, 6) is -8.98. The van der Waals surface area contributed by atoms with Crippen molar-refractivity contribution in [2.24, 2.45) is 11.5 Å². The second-order valence-corrected chi connectivity index (χ2v) is 21.5. The number of aliphatic hydroxyl groups is 1. The lowest BCUT2D eigenvalue weighted by Crippen LogP contribution is -2.64. The van der Waals surface area contributed by atoms with E-state index in [2.05, 4.69) is 42.2 Å². The first-order valence-corrected chi connectivity index (χ1v) is 28.1. The number of nitrogens with one attached hydrogen (secondary N) is 8. The van der Waals surface area contributed by atoms with E-state index in [9.17, 15) is 48.6 Å². The molecule has 5 aromatic rings. The van der Waals surface area contributed by atoms with E-state index in [0.717, 1.165) is 26.5 Å². The van der Waals surface area contributed by atoms with Gasteiger partial charge in [-0.15, -0.1) is 0 Å². The van der Waals surface area contributed by atoms with Gasteiger partial charge in [-0.25, -0.2) is 4.79 Å². The SMILES string of the molecule is C[C@@H](O)[C@@H]1NC(=O)[C@H](CCCCN)NC(=O)[C@@H](Cc2c[nH]c3ccccc23)NC(=O)[C@@H](N(C)C(=O)c2ccccc2)NC(=O)[C@H](Cc2ccccc2)NC(=O)[C@H](N)CSSC[C@@H](C(=O)O)NC(=O)[C@H](Cc2ccccc2)NC1=O. The molecule has 79 heavy (non-hydrogen) atoms. The Hall–Kier alpha value is -7.77. The van der Waals surface area contributed by atoms with Crippen LogP contribution in [0.25, 0.3) is 10.9 Å². The summed E-state index contributed by atoms with van der Waals surface area (Å²) in [5, 5.41) is 40.3. The Labute approximate surface area is 464 Å². The Kier molecular flexibility index (Phi) is 22.8. The molecule has 8 amide bonds. The summed E-state index contributed by atoms with van der Waals surface area (Å²) in [5.41, 5.74) is 14.8. The first kappa shape index (κ1) is 60.5. The largest absolute Gasteiger partial charge is 0.480 e. The monoisotopic (exact) mass is 1120 g/mol. The van der Waals surface area contributed by atoms with E-state index in [0.29, 0.717) is 34.0 Å². The molecule has 1 aliphatic rings. The molecule has 22 nitrogen and oxygen atoms in total. The molecule has 0 unspecified atom stereocenters. The van der Waals surface area contributed by atoms with Crippen LogP contribution in [0.1, 0.15) is 53.2 Å². The molecule has 14 N–H and O–H groups in total. The number of carbonyl (C=O) groups excluding carboxylic acids is 8. The molecule has 4 aromatic carbocycles. The normalized spacial score (nSPS) is 23.1. The number of carbonyl (C=O) groups is 9. The van der Waals surface area contributed by atoms with Gasteiger partial charge >= 0.3 is 5.97 Å². The summed E-state index contributed by atoms with van der Waals surface area (Å²) in [6.07, 6.45) is -1.61. The van der Waals surface area contributed by atoms with E-state index in [4.69, 9.17) is 11.5 Å². The molecule has 2 heterocycles. The molecule has 1 aromatic heterocycles. The number of H-pyrrole nitrogens is 1. The minimum atomic E-state index is -1.85. The summed E-state index contributed by atoms with van der Waals surface area (Å²) in [6, 6.07) is 21.9. The second kappa shape index (κ2) is 29.8. The van der Waals surface area contributed by atoms with Crippen LogP contribution in [0.4, 0.5) is 0 Å². The number of nitrogens with two attached hydrogens (primary N) is 2. The third kappa shape index (κ3) is 17.6. The van der Waals surface area contributed by atoms with Crippen LogP contribution >= 0.6 is 21.6 Å². The van der Waals surface area contributed by atoms with Crippen molar-refractivity contribution < 1.29 is 53.4 Å². The molecular formula is C55H67N11O11S2. The molecule has 0 spiro atoms. The average molecular weight is 1120 g/mol. The molecule has 420 valence electrons. The lowest BCUT2D eigenvalue weighted by molar-refractivity contribution is -0.141. The van der Waals surface area contributed by atoms with Gasteiger partial charge < -0.3 is 68.8 Å². The van der Waals surface area contributed by atoms with E-state index in [1.165, 1.54) is 26.1 Å². The van der Waals surface area contributed by atoms with Crippen molar-refractivity contribution in [3.63, 3.8) is 0 Å². The summed E-state index contributed by atoms with van der Waals surface area (Å²) in [4.78, 5) is 132. The van der Waals surface area contributed by atoms with Gasteiger partial charge in [0, 0.05) is 60.5 Å². The van der Waals surface area contributed by atoms with Crippen LogP contribution in [0.15, 0.2) is 121 Å². The number of aromatic nitrogens is 1. The number of nitrogens with zero attached hydrogens (tertiary/aromatic N) is 1. The van der Waals surface area contributed by atoms with Crippen molar-refractivity contribution in [2.45, 2.75) is 100 Å². The number of aromatic amines is 1. The number of hydrogen-bond donors (Lipinski definition) is 12. The molecule has 1 fully saturated rings. The highest BCUT2D eigenvalue weighted by atomic mass is 33.1. The zero-order valence-corrected chi connectivity index (χ0v) is 45.2. The number of amides is 8. The third-order valence-electron chi connectivity index (χ3n) is 13.0. The highest BCUT2D eigenvalue weighted by Gasteiger charge is 2.38. The van der Waals surface area contributed by atoms with Crippen LogP contribution in [0.5, 0.6) is 0 Å². The quantitative estimate of drug-likeness (QED) is 0.0536. The average Bonchev–Trinajstić information content (AvgIpc) is 3.89. The fourth-order valence-corrected chi connectivity index (χ4v) is 10.8. The van der Waals surface area contributed by atoms with E-state index in [1.807, 2.05) is 6.07 Å². The van der Waals surface area contributed by atoms with Gasteiger partial charge in [0.25, 0.3) is 11.8 Å². The van der Waals surface area contributed by atoms with Gasteiger partial charge in [0.15, 0.2) is 6.17 Å². The molecule has 1 saturated heterocycles. The molecule has 6 rings (SSSR count). The molecule has 0 saturated carbocycles. The molecule has 1 aliphatic heterocycles. The number of benzene rings is 4. The maximum atomic E-state index is 15.0. The number of carboxylic acid groups (broad SMARTS) is 1. The highest BCUT2D eigenvalue weighted by molar-refractivity contribution is 8.76. The van der Waals surface area contributed by atoms with E-state index < -0.39 is 108 Å². The van der Waals surface area contributed by atoms with Gasteiger partial charge in [-0.3, -0.25) is 38.4 Å². The number of unbranched alkanes of at least 4 members (excludes halogenated alkanes) is 1. The fraction of sp³-hybridized carbons (Fsp3) is 0.364. The lowest BCUT2D eigenvalue weighted by atomic mass is 10.0. The maximum absolute atomic E-state index is 15.0. The second-order valence-electron chi connectivity index (χ2n) is 19.0. The summed E-state index contributed by atoms with van der Waals surface area (Å²) >= 11 is 0. The minimum Gasteiger partial charge on any atom is -0.480 e. The number of rotatable bonds is 14. The number of fused-ring (bicyclic) bond motifs is 1. The molecule has 0 radical (unpaired) electrons. The Balaban J connectivity index is 1.42. The van der Waals surface area contributed by atoms with Crippen LogP contribution in [0.3, 0.4) is 0 Å². The maximum Gasteiger partial charge on any atom is 0.327 e. The van der Waals surface area contributed by atoms with E-state index in [-0.39, 0.29) is 55.7 Å². The molecule has 0 aliphatic carbocycles. The zero-order chi connectivity index (χ0) is 57.0. The Morgan fingerprint density at radius 1 is 0.608 bits per heavy atom. The van der Waals surface area contributed by atoms with Crippen molar-refractivity contribution in [1.82, 2.24) is 47.1 Å². The van der Waals surface area contributed by atoms with Gasteiger partial charge in [0.05, 0.1) is 12.1 Å². The van der Waals surface area contributed by atoms with Crippen molar-refractivity contribution in [1.29, 1.82) is 0 Å². The Morgan fingerprint density at radius 3 is 1.72 bits per heavy atom. The molecular weight excluding hydrogens is 1050 g/mol. The number of para-hydroxylation sites is 1. The van der Waals surface area contributed by atoms with Gasteiger partial charge in [-0.1, -0.05) is 119 Å². The topological polar surface area (TPSA) is 349 Å². The van der Waals surface area contributed by atoms with Gasteiger partial charge in [-0.05, 0) is 67.6 Å². The number of likely N-dealkylation sites (N-methyl/N-ethyl adjacent to an activating group) is 1. The van der Waals surface area contributed by atoms with E-state index in [1.54, 1.807) is 103 Å². The van der Waals surface area contributed by atoms with Gasteiger partial charge in [0.2, 0.25) is 35.4 Å². The predicted molar refractivity (Wildman–Crippen MR) is 299 cm³/mol. The van der Waals surface area contributed by atoms with Crippen molar-refractivity contribution in [3.05, 3.63) is 144 Å². The van der Waals surface area contributed by atoms with Crippen molar-refractivity contribution >= 4 is 85.7 Å². The van der Waals surface area contributed by atoms with Crippen molar-refractivity contribution in [2.75, 3.05) is 25.1 Å². The lowest BCUT2D eigenvalue weighted by Gasteiger charge is -2.32. The van der Waals surface area contributed by atoms with Crippen LogP contribution in [0, 0.1) is 0 Å². The summed E-state index contributed by atoms with van der Waals surface area (Å²) in [6.45, 7) is 1.45. The first-order valence-electron chi connectivity index (χ1n) is 25.6. The predicted octanol–water partition coefficient (Wildman–Crippen LogP) is 0.636. The molecule has 9 atom stereocenters. The Bertz CT molecular complexity index is 2900. The molecule has 24 heteroatoms. The Morgan fingerprint density at radius 2 is 1.11 bits per heavy atom. The van der Waals surface area contributed by atoms with Crippen LogP contribution in [-0.2, 0) is 57.6 Å². The minimum absolute atomic E-state index is 0.0479. The number of aliphatic carboxylic acids is 1.